The molecule has 0 N–H and O–H groups in total. The van der Waals surface area contributed by atoms with Crippen LogP contribution in [0.25, 0.3) is 0 Å². The normalized spacial score (nSPS) is 10.4. The third kappa shape index (κ3) is 8.17. The number of rotatable bonds is 3. The first kappa shape index (κ1) is 21.9. The van der Waals surface area contributed by atoms with E-state index in [2.05, 4.69) is 119 Å². The third-order valence-electron chi connectivity index (χ3n) is 3.04. The molecule has 0 nitrogen and oxygen atoms in total. The molecular weight excluding hydrogens is 504 g/mol. The minimum absolute atomic E-state index is 0. The van der Waals surface area contributed by atoms with Gasteiger partial charge in [0.1, 0.15) is 0 Å². The Labute approximate surface area is 170 Å². The van der Waals surface area contributed by atoms with Gasteiger partial charge >= 0.3 is 22.4 Å². The largest absolute Gasteiger partial charge is 1.00 e. The summed E-state index contributed by atoms with van der Waals surface area (Å²) in [6.45, 7) is 10.0. The summed E-state index contributed by atoms with van der Waals surface area (Å²) in [5.41, 5.74) is 0.250. The van der Waals surface area contributed by atoms with E-state index in [1.807, 2.05) is 0 Å². The molecule has 0 saturated carbocycles. The second kappa shape index (κ2) is 10.7. The Bertz CT molecular complexity index is 603. The Morgan fingerprint density at radius 2 is 0.760 bits per heavy atom. The van der Waals surface area contributed by atoms with Crippen molar-refractivity contribution in [2.24, 2.45) is 5.41 Å². The van der Waals surface area contributed by atoms with E-state index in [1.54, 1.807) is 0 Å². The molecule has 0 spiro atoms. The van der Waals surface area contributed by atoms with Gasteiger partial charge in [0.15, 0.2) is 0 Å². The van der Waals surface area contributed by atoms with Crippen LogP contribution in [0.15, 0.2) is 91.0 Å². The van der Waals surface area contributed by atoms with Gasteiger partial charge in [0.2, 0.25) is 0 Å². The summed E-state index contributed by atoms with van der Waals surface area (Å²) >= 11 is 0. The minimum atomic E-state index is -0.446. The Balaban J connectivity index is 0.000000462. The summed E-state index contributed by atoms with van der Waals surface area (Å²) in [7, 11) is -0.446. The molecule has 25 heavy (non-hydrogen) atoms. The second-order valence-electron chi connectivity index (χ2n) is 6.90. The summed E-state index contributed by atoms with van der Waals surface area (Å²) in [4.78, 5) is 0. The van der Waals surface area contributed by atoms with Crippen molar-refractivity contribution in [2.75, 3.05) is 0 Å². The topological polar surface area (TPSA) is 0 Å². The van der Waals surface area contributed by atoms with Crippen molar-refractivity contribution >= 4 is 23.8 Å². The number of hydrogen-bond donors (Lipinski definition) is 0. The maximum Gasteiger partial charge on any atom is 1.00 e. The van der Waals surface area contributed by atoms with Crippen molar-refractivity contribution in [3.05, 3.63) is 97.9 Å². The van der Waals surface area contributed by atoms with E-state index >= 15 is 0 Å². The zero-order valence-electron chi connectivity index (χ0n) is 15.1. The molecule has 0 aliphatic heterocycles. The Hall–Kier alpha value is -1.17. The Morgan fingerprint density at radius 1 is 0.560 bits per heavy atom. The van der Waals surface area contributed by atoms with Crippen LogP contribution in [-0.2, 0) is 22.4 Å². The van der Waals surface area contributed by atoms with Crippen molar-refractivity contribution in [2.45, 2.75) is 20.8 Å². The van der Waals surface area contributed by atoms with E-state index in [4.69, 9.17) is 0 Å². The van der Waals surface area contributed by atoms with Crippen LogP contribution in [-0.4, -0.2) is 0 Å². The fourth-order valence-electron chi connectivity index (χ4n) is 2.18. The van der Waals surface area contributed by atoms with Crippen LogP contribution < -0.4 is 15.9 Å². The molecule has 0 aliphatic carbocycles. The van der Waals surface area contributed by atoms with Crippen molar-refractivity contribution in [1.29, 1.82) is 0 Å². The monoisotopic (exact) mass is 530 g/mol. The van der Waals surface area contributed by atoms with Crippen molar-refractivity contribution in [3.63, 3.8) is 0 Å². The van der Waals surface area contributed by atoms with Crippen LogP contribution in [0.3, 0.4) is 0 Å². The van der Waals surface area contributed by atoms with Crippen molar-refractivity contribution in [3.8, 4) is 0 Å². The summed E-state index contributed by atoms with van der Waals surface area (Å²) in [6, 6.07) is 32.3. The van der Waals surface area contributed by atoms with Gasteiger partial charge in [-0.15, -0.1) is 0 Å². The van der Waals surface area contributed by atoms with Gasteiger partial charge in [-0.05, 0) is 23.8 Å². The molecule has 0 radical (unpaired) electrons. The average Bonchev–Trinajstić information content (AvgIpc) is 2.57. The molecule has 0 fully saturated rings. The first-order valence-corrected chi connectivity index (χ1v) is 9.60. The standard InChI is InChI=1S/C18H15P.C5H11.Au/c1-4-10-16(11-5-1)19(17-12-6-2-7-13-17)18-14-8-3-9-15-18;1-5(2,3)4;/h1-15H;1H2,2-4H3;/q;-1;+1. The Kier molecular flexibility index (Phi) is 9.40. The van der Waals surface area contributed by atoms with Gasteiger partial charge in [0, 0.05) is 0 Å². The van der Waals surface area contributed by atoms with E-state index in [9.17, 15) is 0 Å². The average molecular weight is 530 g/mol. The van der Waals surface area contributed by atoms with Gasteiger partial charge in [0.05, 0.1) is 0 Å². The molecule has 3 rings (SSSR count). The van der Waals surface area contributed by atoms with Crippen molar-refractivity contribution in [1.82, 2.24) is 0 Å². The summed E-state index contributed by atoms with van der Waals surface area (Å²) in [6.07, 6.45) is 0. The molecule has 0 aromatic heterocycles. The number of hydrogen-bond acceptors (Lipinski definition) is 0. The molecule has 134 valence electrons. The first-order valence-electron chi connectivity index (χ1n) is 8.26. The minimum Gasteiger partial charge on any atom is -0.338 e. The molecule has 0 aliphatic rings. The maximum atomic E-state index is 3.77. The van der Waals surface area contributed by atoms with Crippen molar-refractivity contribution < 1.29 is 22.4 Å². The van der Waals surface area contributed by atoms with E-state index in [0.29, 0.717) is 0 Å². The summed E-state index contributed by atoms with van der Waals surface area (Å²) in [5, 5.41) is 4.19. The molecule has 3 aromatic rings. The van der Waals surface area contributed by atoms with Gasteiger partial charge in [-0.1, -0.05) is 112 Å². The molecule has 0 amide bonds. The zero-order chi connectivity index (χ0) is 17.4. The van der Waals surface area contributed by atoms with Gasteiger partial charge in [-0.2, -0.15) is 5.41 Å². The van der Waals surface area contributed by atoms with E-state index in [-0.39, 0.29) is 27.8 Å². The molecule has 0 unspecified atom stereocenters. The molecule has 0 bridgehead atoms. The quantitative estimate of drug-likeness (QED) is 0.245. The molecule has 0 atom stereocenters. The third-order valence-corrected chi connectivity index (χ3v) is 5.49. The van der Waals surface area contributed by atoms with Crippen LogP contribution in [0.1, 0.15) is 20.8 Å². The summed E-state index contributed by atoms with van der Waals surface area (Å²) in [5.74, 6) is 0. The van der Waals surface area contributed by atoms with E-state index in [1.165, 1.54) is 15.9 Å². The van der Waals surface area contributed by atoms with Crippen LogP contribution in [0.5, 0.6) is 0 Å². The van der Waals surface area contributed by atoms with Gasteiger partial charge in [-0.25, -0.2) is 0 Å². The predicted octanol–water partition coefficient (Wildman–Crippen LogP) is 5.31. The second-order valence-corrected chi connectivity index (χ2v) is 9.12. The van der Waals surface area contributed by atoms with Crippen LogP contribution in [0.4, 0.5) is 0 Å². The smallest absolute Gasteiger partial charge is 0.338 e. The van der Waals surface area contributed by atoms with Crippen LogP contribution >= 0.6 is 7.92 Å². The Morgan fingerprint density at radius 3 is 0.960 bits per heavy atom. The molecule has 0 saturated heterocycles. The molecular formula is C23H26AuP. The SMILES string of the molecule is [Au+].[CH2-]C(C)(C)C.c1ccc(P(c2ccccc2)c2ccccc2)cc1. The van der Waals surface area contributed by atoms with E-state index < -0.39 is 7.92 Å². The molecule has 0 heterocycles. The fourth-order valence-corrected chi connectivity index (χ4v) is 4.48. The molecule has 3 aromatic carbocycles. The zero-order valence-corrected chi connectivity index (χ0v) is 18.2. The van der Waals surface area contributed by atoms with Crippen LogP contribution in [0, 0.1) is 12.3 Å². The summed E-state index contributed by atoms with van der Waals surface area (Å²) < 4.78 is 0. The first-order chi connectivity index (χ1) is 11.4. The predicted molar refractivity (Wildman–Crippen MR) is 110 cm³/mol. The fraction of sp³-hybridized carbons (Fsp3) is 0.174. The van der Waals surface area contributed by atoms with Gasteiger partial charge < -0.3 is 6.92 Å². The maximum absolute atomic E-state index is 3.77. The van der Waals surface area contributed by atoms with E-state index in [0.717, 1.165) is 0 Å². The van der Waals surface area contributed by atoms with Crippen LogP contribution in [0.2, 0.25) is 0 Å². The molecule has 2 heteroatoms. The van der Waals surface area contributed by atoms with Gasteiger partial charge in [0.25, 0.3) is 0 Å². The number of benzene rings is 3. The van der Waals surface area contributed by atoms with Gasteiger partial charge in [-0.3, -0.25) is 0 Å².